The molecule has 1 N–H and O–H groups in total. The molecule has 0 spiro atoms. The number of halogens is 2. The molecular formula is C13H9F2NO3. The monoisotopic (exact) mass is 265 g/mol. The second-order valence-electron chi connectivity index (χ2n) is 3.63. The Hall–Kier alpha value is -2.50. The van der Waals surface area contributed by atoms with Gasteiger partial charge in [-0.3, -0.25) is 9.78 Å². The maximum Gasteiger partial charge on any atom is 0.387 e. The minimum atomic E-state index is -3.07. The van der Waals surface area contributed by atoms with Crippen LogP contribution in [0.2, 0.25) is 0 Å². The average molecular weight is 265 g/mol. The number of hydrogen-bond acceptors (Lipinski definition) is 4. The highest BCUT2D eigenvalue weighted by molar-refractivity contribution is 6.09. The smallest absolute Gasteiger partial charge is 0.387 e. The third kappa shape index (κ3) is 3.04. The zero-order valence-electron chi connectivity index (χ0n) is 9.59. The van der Waals surface area contributed by atoms with Gasteiger partial charge in [0.2, 0.25) is 0 Å². The van der Waals surface area contributed by atoms with Gasteiger partial charge in [0.1, 0.15) is 0 Å². The Bertz CT molecular complexity index is 588. The van der Waals surface area contributed by atoms with Gasteiger partial charge in [-0.15, -0.1) is 0 Å². The van der Waals surface area contributed by atoms with Crippen LogP contribution >= 0.6 is 0 Å². The summed E-state index contributed by atoms with van der Waals surface area (Å²) < 4.78 is 28.4. The van der Waals surface area contributed by atoms with E-state index in [0.717, 1.165) is 12.1 Å². The molecule has 0 bridgehead atoms. The van der Waals surface area contributed by atoms with Crippen LogP contribution in [0.5, 0.6) is 11.5 Å². The first kappa shape index (κ1) is 12.9. The first-order valence-electron chi connectivity index (χ1n) is 5.30. The molecule has 2 aromatic rings. The lowest BCUT2D eigenvalue weighted by molar-refractivity contribution is -0.0512. The van der Waals surface area contributed by atoms with Crippen LogP contribution in [-0.4, -0.2) is 22.5 Å². The van der Waals surface area contributed by atoms with Crippen molar-refractivity contribution in [1.82, 2.24) is 4.98 Å². The number of ether oxygens (including phenoxy) is 1. The molecule has 0 radical (unpaired) electrons. The Morgan fingerprint density at radius 1 is 1.26 bits per heavy atom. The van der Waals surface area contributed by atoms with Crippen molar-refractivity contribution in [2.75, 3.05) is 0 Å². The number of hydrogen-bond donors (Lipinski definition) is 1. The number of benzene rings is 1. The van der Waals surface area contributed by atoms with Gasteiger partial charge in [-0.05, 0) is 30.3 Å². The fourth-order valence-electron chi connectivity index (χ4n) is 1.51. The summed E-state index contributed by atoms with van der Waals surface area (Å²) >= 11 is 0. The van der Waals surface area contributed by atoms with E-state index in [2.05, 4.69) is 9.72 Å². The lowest BCUT2D eigenvalue weighted by Crippen LogP contribution is -2.05. The van der Waals surface area contributed by atoms with Crippen molar-refractivity contribution in [1.29, 1.82) is 0 Å². The summed E-state index contributed by atoms with van der Waals surface area (Å²) in [5, 5.41) is 9.35. The number of nitrogens with zero attached hydrogens (tertiary/aromatic N) is 1. The molecule has 1 aromatic heterocycles. The van der Waals surface area contributed by atoms with E-state index in [-0.39, 0.29) is 5.56 Å². The van der Waals surface area contributed by atoms with Crippen molar-refractivity contribution in [3.8, 4) is 11.5 Å². The van der Waals surface area contributed by atoms with Gasteiger partial charge in [0, 0.05) is 23.5 Å². The van der Waals surface area contributed by atoms with Crippen LogP contribution in [0.3, 0.4) is 0 Å². The molecule has 0 aliphatic rings. The van der Waals surface area contributed by atoms with Gasteiger partial charge >= 0.3 is 6.61 Å². The molecule has 2 rings (SSSR count). The molecule has 98 valence electrons. The SMILES string of the molecule is O=C(c1cccnc1)c1ccc(O)c(OC(F)F)c1. The zero-order valence-corrected chi connectivity index (χ0v) is 9.59. The second-order valence-corrected chi connectivity index (χ2v) is 3.63. The lowest BCUT2D eigenvalue weighted by Gasteiger charge is -2.08. The summed E-state index contributed by atoms with van der Waals surface area (Å²) in [6.45, 7) is -3.07. The van der Waals surface area contributed by atoms with E-state index in [0.29, 0.717) is 5.56 Å². The number of aromatic hydroxyl groups is 1. The van der Waals surface area contributed by atoms with Crippen molar-refractivity contribution in [2.45, 2.75) is 6.61 Å². The number of phenols is 1. The van der Waals surface area contributed by atoms with Crippen molar-refractivity contribution in [2.24, 2.45) is 0 Å². The van der Waals surface area contributed by atoms with Crippen LogP contribution in [0, 0.1) is 0 Å². The van der Waals surface area contributed by atoms with E-state index in [1.807, 2.05) is 0 Å². The van der Waals surface area contributed by atoms with Crippen LogP contribution in [0.15, 0.2) is 42.7 Å². The van der Waals surface area contributed by atoms with Crippen molar-refractivity contribution < 1.29 is 23.4 Å². The van der Waals surface area contributed by atoms with Crippen LogP contribution in [-0.2, 0) is 0 Å². The largest absolute Gasteiger partial charge is 0.504 e. The predicted molar refractivity (Wildman–Crippen MR) is 62.4 cm³/mol. The molecule has 4 nitrogen and oxygen atoms in total. The number of rotatable bonds is 4. The Labute approximate surface area is 107 Å². The summed E-state index contributed by atoms with van der Waals surface area (Å²) in [5.74, 6) is -1.29. The molecule has 0 atom stereocenters. The van der Waals surface area contributed by atoms with Crippen LogP contribution < -0.4 is 4.74 Å². The van der Waals surface area contributed by atoms with E-state index < -0.39 is 23.9 Å². The van der Waals surface area contributed by atoms with E-state index in [1.165, 1.54) is 18.5 Å². The second kappa shape index (κ2) is 5.43. The molecule has 0 aliphatic carbocycles. The molecule has 0 amide bonds. The molecule has 1 heterocycles. The third-order valence-corrected chi connectivity index (χ3v) is 2.36. The predicted octanol–water partition coefficient (Wildman–Crippen LogP) is 2.62. The van der Waals surface area contributed by atoms with Crippen LogP contribution in [0.4, 0.5) is 8.78 Å². The normalized spacial score (nSPS) is 10.5. The summed E-state index contributed by atoms with van der Waals surface area (Å²) in [6.07, 6.45) is 2.88. The van der Waals surface area contributed by atoms with Crippen molar-refractivity contribution in [3.05, 3.63) is 53.9 Å². The first-order valence-corrected chi connectivity index (χ1v) is 5.30. The minimum Gasteiger partial charge on any atom is -0.504 e. The zero-order chi connectivity index (χ0) is 13.8. The molecule has 1 aromatic carbocycles. The first-order chi connectivity index (χ1) is 9.08. The number of carbonyl (C=O) groups is 1. The highest BCUT2D eigenvalue weighted by Crippen LogP contribution is 2.29. The standard InChI is InChI=1S/C13H9F2NO3/c14-13(15)19-11-6-8(3-4-10(11)17)12(18)9-2-1-5-16-7-9/h1-7,13,17H. The number of phenolic OH excluding ortho intramolecular Hbond substituents is 1. The Morgan fingerprint density at radius 3 is 2.68 bits per heavy atom. The molecular weight excluding hydrogens is 256 g/mol. The highest BCUT2D eigenvalue weighted by atomic mass is 19.3. The molecule has 0 saturated heterocycles. The van der Waals surface area contributed by atoms with Gasteiger partial charge in [-0.1, -0.05) is 0 Å². The number of aromatic nitrogens is 1. The molecule has 0 aliphatic heterocycles. The molecule has 6 heteroatoms. The quantitative estimate of drug-likeness (QED) is 0.863. The molecule has 0 unspecified atom stereocenters. The minimum absolute atomic E-state index is 0.126. The van der Waals surface area contributed by atoms with Gasteiger partial charge in [-0.2, -0.15) is 8.78 Å². The van der Waals surface area contributed by atoms with E-state index in [4.69, 9.17) is 0 Å². The maximum atomic E-state index is 12.1. The summed E-state index contributed by atoms with van der Waals surface area (Å²) in [5.41, 5.74) is 0.442. The van der Waals surface area contributed by atoms with Crippen molar-refractivity contribution in [3.63, 3.8) is 0 Å². The summed E-state index contributed by atoms with van der Waals surface area (Å²) in [7, 11) is 0. The summed E-state index contributed by atoms with van der Waals surface area (Å²) in [4.78, 5) is 15.8. The number of carbonyl (C=O) groups excluding carboxylic acids is 1. The highest BCUT2D eigenvalue weighted by Gasteiger charge is 2.14. The van der Waals surface area contributed by atoms with Gasteiger partial charge in [0.25, 0.3) is 0 Å². The van der Waals surface area contributed by atoms with Crippen LogP contribution in [0.1, 0.15) is 15.9 Å². The lowest BCUT2D eigenvalue weighted by atomic mass is 10.0. The Kier molecular flexibility index (Phi) is 3.70. The molecule has 0 fully saturated rings. The fraction of sp³-hybridized carbons (Fsp3) is 0.0769. The topological polar surface area (TPSA) is 59.4 Å². The van der Waals surface area contributed by atoms with Crippen LogP contribution in [0.25, 0.3) is 0 Å². The average Bonchev–Trinajstić information content (AvgIpc) is 2.41. The van der Waals surface area contributed by atoms with Gasteiger partial charge in [-0.25, -0.2) is 0 Å². The molecule has 19 heavy (non-hydrogen) atoms. The van der Waals surface area contributed by atoms with Gasteiger partial charge in [0.15, 0.2) is 17.3 Å². The van der Waals surface area contributed by atoms with Gasteiger partial charge in [0.05, 0.1) is 0 Å². The van der Waals surface area contributed by atoms with E-state index >= 15 is 0 Å². The van der Waals surface area contributed by atoms with E-state index in [9.17, 15) is 18.7 Å². The summed E-state index contributed by atoms with van der Waals surface area (Å²) in [6, 6.07) is 6.65. The fourth-order valence-corrected chi connectivity index (χ4v) is 1.51. The van der Waals surface area contributed by atoms with Gasteiger partial charge < -0.3 is 9.84 Å². The number of alkyl halides is 2. The maximum absolute atomic E-state index is 12.1. The third-order valence-electron chi connectivity index (χ3n) is 2.36. The number of ketones is 1. The van der Waals surface area contributed by atoms with E-state index in [1.54, 1.807) is 12.1 Å². The Balaban J connectivity index is 2.33. The molecule has 0 saturated carbocycles. The Morgan fingerprint density at radius 2 is 2.05 bits per heavy atom. The number of pyridine rings is 1. The van der Waals surface area contributed by atoms with Crippen molar-refractivity contribution >= 4 is 5.78 Å².